The fourth-order valence-corrected chi connectivity index (χ4v) is 2.72. The summed E-state index contributed by atoms with van der Waals surface area (Å²) < 4.78 is 2.23. The molecule has 0 saturated carbocycles. The third-order valence-electron chi connectivity index (χ3n) is 3.63. The number of hydrogen-bond acceptors (Lipinski definition) is 2. The van der Waals surface area contributed by atoms with Gasteiger partial charge in [-0.2, -0.15) is 0 Å². The average molecular weight is 260 g/mol. The molecule has 0 fully saturated rings. The van der Waals surface area contributed by atoms with Crippen LogP contribution in [0.5, 0.6) is 0 Å². The molecule has 4 heteroatoms. The summed E-state index contributed by atoms with van der Waals surface area (Å²) in [6.45, 7) is 8.54. The van der Waals surface area contributed by atoms with Crippen LogP contribution in [-0.2, 0) is 0 Å². The van der Waals surface area contributed by atoms with Crippen LogP contribution in [-0.4, -0.2) is 20.6 Å². The lowest BCUT2D eigenvalue weighted by Crippen LogP contribution is -2.15. The molecule has 0 amide bonds. The van der Waals surface area contributed by atoms with Gasteiger partial charge in [0.2, 0.25) is 0 Å². The largest absolute Gasteiger partial charge is 0.478 e. The molecule has 19 heavy (non-hydrogen) atoms. The van der Waals surface area contributed by atoms with E-state index in [1.165, 1.54) is 0 Å². The Morgan fingerprint density at radius 1 is 1.42 bits per heavy atom. The number of nitrogens with zero attached hydrogens (tertiary/aromatic N) is 2. The number of aromatic nitrogens is 2. The van der Waals surface area contributed by atoms with Crippen molar-refractivity contribution in [2.45, 2.75) is 40.2 Å². The minimum absolute atomic E-state index is 0.287. The Bertz CT molecular complexity index is 614. The van der Waals surface area contributed by atoms with E-state index < -0.39 is 5.97 Å². The second-order valence-electron chi connectivity index (χ2n) is 5.26. The van der Waals surface area contributed by atoms with Gasteiger partial charge in [-0.25, -0.2) is 9.78 Å². The van der Waals surface area contributed by atoms with Crippen molar-refractivity contribution in [3.63, 3.8) is 0 Å². The van der Waals surface area contributed by atoms with Crippen molar-refractivity contribution in [2.75, 3.05) is 0 Å². The van der Waals surface area contributed by atoms with Gasteiger partial charge >= 0.3 is 5.97 Å². The van der Waals surface area contributed by atoms with Crippen LogP contribution in [0.2, 0.25) is 0 Å². The van der Waals surface area contributed by atoms with Crippen molar-refractivity contribution >= 4 is 17.0 Å². The van der Waals surface area contributed by atoms with Gasteiger partial charge in [-0.1, -0.05) is 20.8 Å². The predicted octanol–water partition coefficient (Wildman–Crippen LogP) is 3.65. The number of benzene rings is 1. The predicted molar refractivity (Wildman–Crippen MR) is 75.6 cm³/mol. The Morgan fingerprint density at radius 2 is 2.11 bits per heavy atom. The van der Waals surface area contributed by atoms with Gasteiger partial charge in [-0.15, -0.1) is 0 Å². The van der Waals surface area contributed by atoms with Crippen LogP contribution >= 0.6 is 0 Å². The minimum atomic E-state index is -0.912. The lowest BCUT2D eigenvalue weighted by molar-refractivity contribution is 0.0697. The molecule has 0 aliphatic carbocycles. The van der Waals surface area contributed by atoms with Crippen molar-refractivity contribution in [1.82, 2.24) is 9.55 Å². The van der Waals surface area contributed by atoms with Crippen molar-refractivity contribution in [3.8, 4) is 0 Å². The number of carboxylic acid groups (broad SMARTS) is 1. The van der Waals surface area contributed by atoms with Crippen LogP contribution in [0.1, 0.15) is 49.4 Å². The van der Waals surface area contributed by atoms with E-state index in [0.717, 1.165) is 23.3 Å². The molecule has 2 aromatic rings. The Balaban J connectivity index is 2.62. The van der Waals surface area contributed by atoms with Crippen molar-refractivity contribution in [2.24, 2.45) is 5.92 Å². The van der Waals surface area contributed by atoms with E-state index in [4.69, 9.17) is 5.11 Å². The van der Waals surface area contributed by atoms with Gasteiger partial charge in [0, 0.05) is 6.04 Å². The number of carboxylic acids is 1. The van der Waals surface area contributed by atoms with E-state index in [1.807, 2.05) is 13.0 Å². The first-order valence-corrected chi connectivity index (χ1v) is 6.67. The molecule has 0 saturated heterocycles. The molecule has 1 unspecified atom stereocenters. The first-order valence-electron chi connectivity index (χ1n) is 6.67. The van der Waals surface area contributed by atoms with Gasteiger partial charge in [0.05, 0.1) is 16.6 Å². The molecule has 1 aromatic heterocycles. The molecular weight excluding hydrogens is 240 g/mol. The zero-order chi connectivity index (χ0) is 14.2. The molecule has 0 aliphatic heterocycles. The number of carbonyl (C=O) groups is 1. The molecule has 4 nitrogen and oxygen atoms in total. The maximum Gasteiger partial charge on any atom is 0.335 e. The topological polar surface area (TPSA) is 55.1 Å². The van der Waals surface area contributed by atoms with Gasteiger partial charge in [0.15, 0.2) is 0 Å². The summed E-state index contributed by atoms with van der Waals surface area (Å²) in [5.74, 6) is 0.545. The molecule has 2 rings (SSSR count). The molecule has 0 bridgehead atoms. The summed E-state index contributed by atoms with van der Waals surface area (Å²) in [7, 11) is 0. The Labute approximate surface area is 113 Å². The molecule has 1 atom stereocenters. The second-order valence-corrected chi connectivity index (χ2v) is 5.26. The van der Waals surface area contributed by atoms with E-state index in [2.05, 4.69) is 30.3 Å². The zero-order valence-corrected chi connectivity index (χ0v) is 11.8. The maximum absolute atomic E-state index is 11.0. The summed E-state index contributed by atoms with van der Waals surface area (Å²) in [4.78, 5) is 15.5. The Morgan fingerprint density at radius 3 is 2.63 bits per heavy atom. The van der Waals surface area contributed by atoms with Crippen molar-refractivity contribution < 1.29 is 9.90 Å². The first kappa shape index (κ1) is 13.6. The van der Waals surface area contributed by atoms with Gasteiger partial charge in [-0.3, -0.25) is 0 Å². The van der Waals surface area contributed by atoms with Gasteiger partial charge in [0.25, 0.3) is 0 Å². The minimum Gasteiger partial charge on any atom is -0.478 e. The summed E-state index contributed by atoms with van der Waals surface area (Å²) in [6, 6.07) is 5.55. The van der Waals surface area contributed by atoms with Gasteiger partial charge in [0.1, 0.15) is 5.82 Å². The number of aromatic carboxylic acids is 1. The summed E-state index contributed by atoms with van der Waals surface area (Å²) in [5, 5.41) is 9.03. The smallest absolute Gasteiger partial charge is 0.335 e. The number of imidazole rings is 1. The molecular formula is C15H20N2O2. The third kappa shape index (κ3) is 2.35. The average Bonchev–Trinajstić information content (AvgIpc) is 2.66. The maximum atomic E-state index is 11.0. The monoisotopic (exact) mass is 260 g/mol. The highest BCUT2D eigenvalue weighted by Gasteiger charge is 2.19. The van der Waals surface area contributed by atoms with Crippen molar-refractivity contribution in [1.29, 1.82) is 0 Å². The molecule has 1 N–H and O–H groups in total. The molecule has 102 valence electrons. The number of fused-ring (bicyclic) bond motifs is 1. The Kier molecular flexibility index (Phi) is 3.60. The molecule has 1 aromatic carbocycles. The van der Waals surface area contributed by atoms with E-state index >= 15 is 0 Å². The SMILES string of the molecule is CCC(C(C)C)n1c(C)nc2cc(C(=O)O)ccc21. The molecule has 0 spiro atoms. The van der Waals surface area contributed by atoms with Crippen molar-refractivity contribution in [3.05, 3.63) is 29.6 Å². The van der Waals surface area contributed by atoms with Crippen LogP contribution in [0, 0.1) is 12.8 Å². The van der Waals surface area contributed by atoms with Gasteiger partial charge in [-0.05, 0) is 37.5 Å². The molecule has 0 radical (unpaired) electrons. The first-order chi connectivity index (χ1) is 8.95. The highest BCUT2D eigenvalue weighted by atomic mass is 16.4. The fraction of sp³-hybridized carbons (Fsp3) is 0.467. The lowest BCUT2D eigenvalue weighted by atomic mass is 10.0. The van der Waals surface area contributed by atoms with E-state index in [1.54, 1.807) is 12.1 Å². The van der Waals surface area contributed by atoms with E-state index in [0.29, 0.717) is 12.0 Å². The van der Waals surface area contributed by atoms with Crippen LogP contribution in [0.3, 0.4) is 0 Å². The Hall–Kier alpha value is -1.84. The summed E-state index contributed by atoms with van der Waals surface area (Å²) >= 11 is 0. The van der Waals surface area contributed by atoms with Gasteiger partial charge < -0.3 is 9.67 Å². The van der Waals surface area contributed by atoms with E-state index in [-0.39, 0.29) is 5.56 Å². The standard InChI is InChI=1S/C15H20N2O2/c1-5-13(9(2)3)17-10(4)16-12-8-11(15(18)19)6-7-14(12)17/h6-9,13H,5H2,1-4H3,(H,18,19). The van der Waals surface area contributed by atoms with Crippen LogP contribution in [0.4, 0.5) is 0 Å². The normalized spacial score (nSPS) is 13.1. The highest BCUT2D eigenvalue weighted by molar-refractivity contribution is 5.92. The van der Waals surface area contributed by atoms with Crippen LogP contribution in [0.25, 0.3) is 11.0 Å². The number of hydrogen-bond donors (Lipinski definition) is 1. The number of aryl methyl sites for hydroxylation is 1. The summed E-state index contributed by atoms with van der Waals surface area (Å²) in [5.41, 5.74) is 2.06. The molecule has 0 aliphatic rings. The fourth-order valence-electron chi connectivity index (χ4n) is 2.72. The second kappa shape index (κ2) is 5.03. The van der Waals surface area contributed by atoms with Crippen LogP contribution in [0.15, 0.2) is 18.2 Å². The molecule has 1 heterocycles. The van der Waals surface area contributed by atoms with E-state index in [9.17, 15) is 4.79 Å². The van der Waals surface area contributed by atoms with Crippen LogP contribution < -0.4 is 0 Å². The lowest BCUT2D eigenvalue weighted by Gasteiger charge is -2.23. The highest BCUT2D eigenvalue weighted by Crippen LogP contribution is 2.28. The summed E-state index contributed by atoms with van der Waals surface area (Å²) in [6.07, 6.45) is 1.03. The quantitative estimate of drug-likeness (QED) is 0.912. The zero-order valence-electron chi connectivity index (χ0n) is 11.8. The number of rotatable bonds is 4. The third-order valence-corrected chi connectivity index (χ3v) is 3.63.